The van der Waals surface area contributed by atoms with Crippen LogP contribution in [0, 0.1) is 0 Å². The van der Waals surface area contributed by atoms with E-state index in [0.717, 1.165) is 24.8 Å². The van der Waals surface area contributed by atoms with Crippen LogP contribution in [0.15, 0.2) is 42.5 Å². The summed E-state index contributed by atoms with van der Waals surface area (Å²) in [5, 5.41) is 6.93. The maximum atomic E-state index is 12.7. The van der Waals surface area contributed by atoms with Gasteiger partial charge < -0.3 is 10.6 Å². The van der Waals surface area contributed by atoms with E-state index in [1.165, 1.54) is 0 Å². The number of rotatable bonds is 5. The summed E-state index contributed by atoms with van der Waals surface area (Å²) in [7, 11) is 1.56. The fourth-order valence-electron chi connectivity index (χ4n) is 3.24. The Morgan fingerprint density at radius 2 is 1.73 bits per heavy atom. The van der Waals surface area contributed by atoms with E-state index in [1.807, 2.05) is 12.1 Å². The minimum atomic E-state index is -0.308. The lowest BCUT2D eigenvalue weighted by molar-refractivity contribution is 0.0827. The molecule has 0 unspecified atom stereocenters. The minimum Gasteiger partial charge on any atom is -0.355 e. The van der Waals surface area contributed by atoms with Gasteiger partial charge in [-0.1, -0.05) is 35.3 Å². The van der Waals surface area contributed by atoms with Gasteiger partial charge in [0.2, 0.25) is 0 Å². The van der Waals surface area contributed by atoms with Crippen molar-refractivity contribution in [3.63, 3.8) is 0 Å². The van der Waals surface area contributed by atoms with Gasteiger partial charge in [0.05, 0.1) is 0 Å². The molecule has 0 spiro atoms. The Morgan fingerprint density at radius 3 is 2.31 bits per heavy atom. The number of hydrogen-bond donors (Lipinski definition) is 2. The molecule has 2 N–H and O–H groups in total. The molecule has 6 heteroatoms. The molecule has 0 saturated heterocycles. The number of hydrogen-bond acceptors (Lipinski definition) is 2. The zero-order chi connectivity index (χ0) is 18.7. The molecular formula is C20H20Cl2N2O2. The summed E-state index contributed by atoms with van der Waals surface area (Å²) in [5.74, 6) is -0.397. The first-order chi connectivity index (χ1) is 12.4. The molecule has 0 aromatic heterocycles. The number of amides is 2. The fourth-order valence-corrected chi connectivity index (χ4v) is 3.71. The Bertz CT molecular complexity index is 847. The van der Waals surface area contributed by atoms with Gasteiger partial charge in [0.1, 0.15) is 0 Å². The van der Waals surface area contributed by atoms with Crippen molar-refractivity contribution < 1.29 is 9.59 Å². The normalized spacial score (nSPS) is 15.0. The second-order valence-electron chi connectivity index (χ2n) is 6.66. The van der Waals surface area contributed by atoms with Crippen LogP contribution in [-0.4, -0.2) is 24.4 Å². The largest absolute Gasteiger partial charge is 0.355 e. The van der Waals surface area contributed by atoms with E-state index in [-0.39, 0.29) is 17.4 Å². The van der Waals surface area contributed by atoms with Gasteiger partial charge in [-0.3, -0.25) is 9.59 Å². The second-order valence-corrected chi connectivity index (χ2v) is 7.50. The highest BCUT2D eigenvalue weighted by molar-refractivity contribution is 6.35. The van der Waals surface area contributed by atoms with E-state index in [4.69, 9.17) is 23.2 Å². The smallest absolute Gasteiger partial charge is 0.251 e. The van der Waals surface area contributed by atoms with Crippen LogP contribution in [0.25, 0.3) is 0 Å². The molecule has 2 aromatic carbocycles. The van der Waals surface area contributed by atoms with Crippen LogP contribution in [0.3, 0.4) is 0 Å². The highest BCUT2D eigenvalue weighted by Gasteiger charge is 2.39. The first-order valence-electron chi connectivity index (χ1n) is 8.51. The van der Waals surface area contributed by atoms with E-state index in [0.29, 0.717) is 27.6 Å². The molecular weight excluding hydrogens is 371 g/mol. The molecule has 1 fully saturated rings. The summed E-state index contributed by atoms with van der Waals surface area (Å²) in [6.07, 6.45) is 3.51. The van der Waals surface area contributed by atoms with Crippen LogP contribution in [0.5, 0.6) is 0 Å². The van der Waals surface area contributed by atoms with Gasteiger partial charge in [-0.2, -0.15) is 0 Å². The van der Waals surface area contributed by atoms with Gasteiger partial charge >= 0.3 is 0 Å². The number of nitrogens with one attached hydrogen (secondary N) is 2. The summed E-state index contributed by atoms with van der Waals surface area (Å²) < 4.78 is 0. The fraction of sp³-hybridized carbons (Fsp3) is 0.300. The van der Waals surface area contributed by atoms with E-state index < -0.39 is 0 Å². The Kier molecular flexibility index (Phi) is 5.54. The zero-order valence-corrected chi connectivity index (χ0v) is 16.0. The van der Waals surface area contributed by atoms with Gasteiger partial charge in [0, 0.05) is 33.8 Å². The molecule has 0 bridgehead atoms. The van der Waals surface area contributed by atoms with E-state index in [2.05, 4.69) is 10.6 Å². The van der Waals surface area contributed by atoms with Crippen molar-refractivity contribution in [2.75, 3.05) is 7.05 Å². The molecule has 0 atom stereocenters. The van der Waals surface area contributed by atoms with E-state index in [9.17, 15) is 9.59 Å². The lowest BCUT2D eigenvalue weighted by atomic mass is 9.72. The Morgan fingerprint density at radius 1 is 1.04 bits per heavy atom. The first kappa shape index (κ1) is 18.7. The molecule has 2 amide bonds. The van der Waals surface area contributed by atoms with Crippen molar-refractivity contribution in [1.82, 2.24) is 10.6 Å². The summed E-state index contributed by atoms with van der Waals surface area (Å²) in [5.41, 5.74) is 1.59. The van der Waals surface area contributed by atoms with Crippen LogP contribution in [0.2, 0.25) is 10.0 Å². The van der Waals surface area contributed by atoms with E-state index in [1.54, 1.807) is 37.4 Å². The van der Waals surface area contributed by atoms with Crippen molar-refractivity contribution in [1.29, 1.82) is 0 Å². The molecule has 0 heterocycles. The van der Waals surface area contributed by atoms with Crippen LogP contribution < -0.4 is 10.6 Å². The lowest BCUT2D eigenvalue weighted by Crippen LogP contribution is -2.55. The average Bonchev–Trinajstić information content (AvgIpc) is 2.61. The van der Waals surface area contributed by atoms with Crippen molar-refractivity contribution in [2.45, 2.75) is 31.2 Å². The Balaban J connectivity index is 1.77. The highest BCUT2D eigenvalue weighted by Crippen LogP contribution is 2.37. The van der Waals surface area contributed by atoms with Gasteiger partial charge in [-0.15, -0.1) is 0 Å². The van der Waals surface area contributed by atoms with Crippen molar-refractivity contribution >= 4 is 35.0 Å². The van der Waals surface area contributed by atoms with Crippen LogP contribution >= 0.6 is 23.2 Å². The molecule has 1 aliphatic rings. The Hall–Kier alpha value is -2.04. The highest BCUT2D eigenvalue weighted by atomic mass is 35.5. The number of benzene rings is 2. The number of carbonyl (C=O) groups is 2. The summed E-state index contributed by atoms with van der Waals surface area (Å²) in [6, 6.07) is 12.1. The van der Waals surface area contributed by atoms with Gasteiger partial charge in [0.25, 0.3) is 11.8 Å². The third kappa shape index (κ3) is 4.02. The van der Waals surface area contributed by atoms with Crippen molar-refractivity contribution in [3.8, 4) is 0 Å². The average molecular weight is 391 g/mol. The number of halogens is 2. The summed E-state index contributed by atoms with van der Waals surface area (Å²) in [4.78, 5) is 24.5. The molecule has 0 aliphatic heterocycles. The lowest BCUT2D eigenvalue weighted by Gasteiger charge is -2.43. The predicted molar refractivity (Wildman–Crippen MR) is 104 cm³/mol. The van der Waals surface area contributed by atoms with Crippen molar-refractivity contribution in [2.24, 2.45) is 0 Å². The molecule has 2 aromatic rings. The maximum absolute atomic E-state index is 12.7. The summed E-state index contributed by atoms with van der Waals surface area (Å²) in [6.45, 7) is 0. The first-order valence-corrected chi connectivity index (χ1v) is 9.27. The van der Waals surface area contributed by atoms with Crippen LogP contribution in [0.4, 0.5) is 0 Å². The second kappa shape index (κ2) is 7.68. The minimum absolute atomic E-state index is 0.180. The monoisotopic (exact) mass is 390 g/mol. The molecule has 1 saturated carbocycles. The molecule has 0 radical (unpaired) electrons. The molecule has 3 rings (SSSR count). The standard InChI is InChI=1S/C20H20Cl2N2O2/c1-23-18(25)13-4-2-5-14(10-13)19(26)24-20(8-3-9-20)12-15-6-7-16(21)11-17(15)22/h2,4-7,10-11H,3,8-9,12H2,1H3,(H,23,25)(H,24,26). The van der Waals surface area contributed by atoms with Gasteiger partial charge in [-0.25, -0.2) is 0 Å². The Labute approximate surface area is 162 Å². The third-order valence-corrected chi connectivity index (χ3v) is 5.43. The van der Waals surface area contributed by atoms with E-state index >= 15 is 0 Å². The molecule has 26 heavy (non-hydrogen) atoms. The third-order valence-electron chi connectivity index (χ3n) is 4.85. The SMILES string of the molecule is CNC(=O)c1cccc(C(=O)NC2(Cc3ccc(Cl)cc3Cl)CCC2)c1. The van der Waals surface area contributed by atoms with Gasteiger partial charge in [-0.05, 0) is 61.6 Å². The molecule has 136 valence electrons. The number of carbonyl (C=O) groups excluding carboxylic acids is 2. The topological polar surface area (TPSA) is 58.2 Å². The predicted octanol–water partition coefficient (Wildman–Crippen LogP) is 4.25. The van der Waals surface area contributed by atoms with Crippen LogP contribution in [-0.2, 0) is 6.42 Å². The molecule has 1 aliphatic carbocycles. The zero-order valence-electron chi connectivity index (χ0n) is 14.4. The summed E-state index contributed by atoms with van der Waals surface area (Å²) >= 11 is 12.3. The van der Waals surface area contributed by atoms with Gasteiger partial charge in [0.15, 0.2) is 0 Å². The maximum Gasteiger partial charge on any atom is 0.251 e. The van der Waals surface area contributed by atoms with Crippen LogP contribution in [0.1, 0.15) is 45.5 Å². The molecule has 4 nitrogen and oxygen atoms in total. The van der Waals surface area contributed by atoms with Crippen molar-refractivity contribution in [3.05, 3.63) is 69.2 Å². The quantitative estimate of drug-likeness (QED) is 0.801.